The van der Waals surface area contributed by atoms with Crippen LogP contribution in [-0.2, 0) is 25.7 Å². The molecule has 0 heterocycles. The Hall–Kier alpha value is -3.54. The zero-order valence-electron chi connectivity index (χ0n) is 14.7. The first-order valence-electron chi connectivity index (χ1n) is 8.15. The third-order valence-corrected chi connectivity index (χ3v) is 3.31. The average molecular weight is 374 g/mol. The number of rotatable bonds is 10. The zero-order chi connectivity index (χ0) is 20.1. The Kier molecular flexibility index (Phi) is 9.49. The van der Waals surface area contributed by atoms with Crippen molar-refractivity contribution < 1.29 is 23.9 Å². The third-order valence-electron chi connectivity index (χ3n) is 3.31. The number of nitrogens with one attached hydrogen (secondary N) is 3. The lowest BCUT2D eigenvalue weighted by atomic mass is 10.1. The summed E-state index contributed by atoms with van der Waals surface area (Å²) in [6.45, 7) is -0.274. The molecule has 0 aliphatic heterocycles. The standard InChI is InChI=1S/C18H22N4O5/c1-2-10-20-16(24)11-21-17(25)14(8-9-15(19)23)22-18(26)27-12-13-6-4-3-5-7-13/h1,3-7,14H,8-12H2,(H2,19,23)(H,20,24)(H,21,25)(H,22,26)/t14-/m0/s1. The SMILES string of the molecule is C#CCNC(=O)CNC(=O)[C@H](CCC(N)=O)NC(=O)OCc1ccccc1. The van der Waals surface area contributed by atoms with Crippen LogP contribution in [0.4, 0.5) is 4.79 Å². The van der Waals surface area contributed by atoms with Gasteiger partial charge in [0, 0.05) is 6.42 Å². The van der Waals surface area contributed by atoms with E-state index in [2.05, 4.69) is 21.9 Å². The predicted octanol–water partition coefficient (Wildman–Crippen LogP) is -0.587. The van der Waals surface area contributed by atoms with Crippen LogP contribution in [0.5, 0.6) is 0 Å². The highest BCUT2D eigenvalue weighted by atomic mass is 16.5. The van der Waals surface area contributed by atoms with Crippen LogP contribution in [0.3, 0.4) is 0 Å². The molecule has 1 aromatic rings. The topological polar surface area (TPSA) is 140 Å². The number of alkyl carbamates (subject to hydrolysis) is 1. The lowest BCUT2D eigenvalue weighted by Crippen LogP contribution is -2.49. The van der Waals surface area contributed by atoms with Crippen LogP contribution in [0.1, 0.15) is 18.4 Å². The Bertz CT molecular complexity index is 699. The molecule has 0 saturated heterocycles. The molecule has 0 aromatic heterocycles. The molecule has 0 saturated carbocycles. The lowest BCUT2D eigenvalue weighted by Gasteiger charge is -2.17. The minimum absolute atomic E-state index is 0.0192. The molecular weight excluding hydrogens is 352 g/mol. The van der Waals surface area contributed by atoms with E-state index in [1.54, 1.807) is 24.3 Å². The molecule has 1 rings (SSSR count). The molecule has 1 atom stereocenters. The molecule has 9 heteroatoms. The number of terminal acetylenes is 1. The van der Waals surface area contributed by atoms with E-state index in [4.69, 9.17) is 16.9 Å². The van der Waals surface area contributed by atoms with Gasteiger partial charge in [0.2, 0.25) is 17.7 Å². The fourth-order valence-corrected chi connectivity index (χ4v) is 1.97. The Labute approximate surface area is 157 Å². The number of carbonyl (C=O) groups excluding carboxylic acids is 4. The largest absolute Gasteiger partial charge is 0.445 e. The molecule has 1 aromatic carbocycles. The van der Waals surface area contributed by atoms with Crippen LogP contribution >= 0.6 is 0 Å². The smallest absolute Gasteiger partial charge is 0.408 e. The summed E-state index contributed by atoms with van der Waals surface area (Å²) in [6, 6.07) is 7.89. The molecule has 144 valence electrons. The maximum absolute atomic E-state index is 12.2. The van der Waals surface area contributed by atoms with Crippen LogP contribution in [-0.4, -0.2) is 42.9 Å². The van der Waals surface area contributed by atoms with Gasteiger partial charge >= 0.3 is 6.09 Å². The summed E-state index contributed by atoms with van der Waals surface area (Å²) in [5, 5.41) is 7.10. The van der Waals surface area contributed by atoms with Gasteiger partial charge in [-0.2, -0.15) is 0 Å². The van der Waals surface area contributed by atoms with Crippen LogP contribution in [0.2, 0.25) is 0 Å². The van der Waals surface area contributed by atoms with Crippen molar-refractivity contribution in [2.75, 3.05) is 13.1 Å². The number of ether oxygens (including phenoxy) is 1. The second-order valence-corrected chi connectivity index (χ2v) is 5.46. The van der Waals surface area contributed by atoms with Crippen molar-refractivity contribution in [3.63, 3.8) is 0 Å². The van der Waals surface area contributed by atoms with Crippen molar-refractivity contribution >= 4 is 23.8 Å². The first kappa shape index (κ1) is 21.5. The first-order chi connectivity index (χ1) is 12.9. The summed E-state index contributed by atoms with van der Waals surface area (Å²) in [5.41, 5.74) is 5.86. The molecule has 0 bridgehead atoms. The maximum Gasteiger partial charge on any atom is 0.408 e. The Balaban J connectivity index is 2.54. The highest BCUT2D eigenvalue weighted by molar-refractivity contribution is 5.89. The molecule has 0 fully saturated rings. The summed E-state index contributed by atoms with van der Waals surface area (Å²) < 4.78 is 5.05. The number of hydrogen-bond acceptors (Lipinski definition) is 5. The van der Waals surface area contributed by atoms with E-state index in [1.807, 2.05) is 6.07 Å². The van der Waals surface area contributed by atoms with Gasteiger partial charge in [0.1, 0.15) is 12.6 Å². The fraction of sp³-hybridized carbons (Fsp3) is 0.333. The van der Waals surface area contributed by atoms with Gasteiger partial charge in [-0.15, -0.1) is 6.42 Å². The number of carbonyl (C=O) groups is 4. The second-order valence-electron chi connectivity index (χ2n) is 5.46. The molecule has 0 spiro atoms. The van der Waals surface area contributed by atoms with Gasteiger partial charge in [0.15, 0.2) is 0 Å². The van der Waals surface area contributed by atoms with E-state index in [-0.39, 0.29) is 32.5 Å². The van der Waals surface area contributed by atoms with Gasteiger partial charge in [0.05, 0.1) is 13.1 Å². The maximum atomic E-state index is 12.2. The number of benzene rings is 1. The van der Waals surface area contributed by atoms with Gasteiger partial charge < -0.3 is 26.4 Å². The third kappa shape index (κ3) is 9.50. The molecule has 0 radical (unpaired) electrons. The van der Waals surface area contributed by atoms with Crippen molar-refractivity contribution in [2.24, 2.45) is 5.73 Å². The highest BCUT2D eigenvalue weighted by Crippen LogP contribution is 2.02. The van der Waals surface area contributed by atoms with Crippen molar-refractivity contribution in [1.82, 2.24) is 16.0 Å². The molecule has 4 amide bonds. The monoisotopic (exact) mass is 374 g/mol. The normalized spacial score (nSPS) is 10.8. The lowest BCUT2D eigenvalue weighted by molar-refractivity contribution is -0.127. The number of nitrogens with two attached hydrogens (primary N) is 1. The van der Waals surface area contributed by atoms with Crippen LogP contribution in [0, 0.1) is 12.3 Å². The summed E-state index contributed by atoms with van der Waals surface area (Å²) in [7, 11) is 0. The van der Waals surface area contributed by atoms with Crippen LogP contribution in [0.25, 0.3) is 0 Å². The van der Waals surface area contributed by atoms with E-state index < -0.39 is 29.9 Å². The first-order valence-corrected chi connectivity index (χ1v) is 8.15. The number of primary amides is 1. The van der Waals surface area contributed by atoms with Crippen molar-refractivity contribution in [2.45, 2.75) is 25.5 Å². The molecule has 27 heavy (non-hydrogen) atoms. The molecule has 5 N–H and O–H groups in total. The minimum Gasteiger partial charge on any atom is -0.445 e. The van der Waals surface area contributed by atoms with Crippen molar-refractivity contribution in [3.8, 4) is 12.3 Å². The molecule has 0 unspecified atom stereocenters. The molecule has 0 aliphatic carbocycles. The Morgan fingerprint density at radius 1 is 1.15 bits per heavy atom. The van der Waals surface area contributed by atoms with Crippen LogP contribution < -0.4 is 21.7 Å². The summed E-state index contributed by atoms with van der Waals surface area (Å²) in [5.74, 6) is 0.466. The summed E-state index contributed by atoms with van der Waals surface area (Å²) in [6.07, 6.45) is 4.03. The minimum atomic E-state index is -1.08. The van der Waals surface area contributed by atoms with E-state index in [9.17, 15) is 19.2 Å². The second kappa shape index (κ2) is 11.9. The van der Waals surface area contributed by atoms with Crippen molar-refractivity contribution in [1.29, 1.82) is 0 Å². The van der Waals surface area contributed by atoms with E-state index >= 15 is 0 Å². The number of amides is 4. The molecular formula is C18H22N4O5. The Morgan fingerprint density at radius 3 is 2.48 bits per heavy atom. The van der Waals surface area contributed by atoms with Gasteiger partial charge in [-0.1, -0.05) is 36.3 Å². The molecule has 0 aliphatic rings. The Morgan fingerprint density at radius 2 is 1.85 bits per heavy atom. The quantitative estimate of drug-likeness (QED) is 0.405. The van der Waals surface area contributed by atoms with E-state index in [0.29, 0.717) is 0 Å². The van der Waals surface area contributed by atoms with Gasteiger partial charge in [-0.25, -0.2) is 4.79 Å². The van der Waals surface area contributed by atoms with E-state index in [1.165, 1.54) is 0 Å². The predicted molar refractivity (Wildman–Crippen MR) is 96.8 cm³/mol. The van der Waals surface area contributed by atoms with E-state index in [0.717, 1.165) is 5.56 Å². The average Bonchev–Trinajstić information content (AvgIpc) is 2.66. The highest BCUT2D eigenvalue weighted by Gasteiger charge is 2.22. The van der Waals surface area contributed by atoms with Gasteiger partial charge in [-0.05, 0) is 12.0 Å². The van der Waals surface area contributed by atoms with Gasteiger partial charge in [-0.3, -0.25) is 14.4 Å². The summed E-state index contributed by atoms with van der Waals surface area (Å²) >= 11 is 0. The van der Waals surface area contributed by atoms with Gasteiger partial charge in [0.25, 0.3) is 0 Å². The fourth-order valence-electron chi connectivity index (χ4n) is 1.97. The molecule has 9 nitrogen and oxygen atoms in total. The number of hydrogen-bond donors (Lipinski definition) is 4. The van der Waals surface area contributed by atoms with Crippen LogP contribution in [0.15, 0.2) is 30.3 Å². The summed E-state index contributed by atoms with van der Waals surface area (Å²) in [4.78, 5) is 46.6. The van der Waals surface area contributed by atoms with Crippen molar-refractivity contribution in [3.05, 3.63) is 35.9 Å². The zero-order valence-corrected chi connectivity index (χ0v) is 14.7.